The van der Waals surface area contributed by atoms with E-state index in [1.807, 2.05) is 6.92 Å². The Balaban J connectivity index is 3.37. The molecule has 0 heterocycles. The van der Waals surface area contributed by atoms with Crippen molar-refractivity contribution in [2.45, 2.75) is 32.1 Å². The second-order valence-electron chi connectivity index (χ2n) is 4.57. The highest BCUT2D eigenvalue weighted by Crippen LogP contribution is 2.28. The Bertz CT molecular complexity index is 535. The van der Waals surface area contributed by atoms with Crippen LogP contribution in [0.5, 0.6) is 0 Å². The zero-order valence-corrected chi connectivity index (χ0v) is 12.5. The van der Waals surface area contributed by atoms with Crippen LogP contribution >= 0.6 is 0 Å². The van der Waals surface area contributed by atoms with Crippen molar-refractivity contribution in [2.75, 3.05) is 25.4 Å². The van der Waals surface area contributed by atoms with Gasteiger partial charge in [-0.2, -0.15) is 4.31 Å². The van der Waals surface area contributed by atoms with Gasteiger partial charge in [0.05, 0.1) is 12.3 Å². The SMILES string of the molecule is CCCN(CCO)S(=O)(=O)c1c(C)ccc(C)c1N. The third-order valence-corrected chi connectivity index (χ3v) is 5.13. The van der Waals surface area contributed by atoms with E-state index < -0.39 is 10.0 Å². The molecule has 0 aromatic heterocycles. The number of nitrogen functional groups attached to an aromatic ring is 1. The van der Waals surface area contributed by atoms with Crippen molar-refractivity contribution in [3.05, 3.63) is 23.3 Å². The first kappa shape index (κ1) is 15.9. The van der Waals surface area contributed by atoms with Crippen molar-refractivity contribution < 1.29 is 13.5 Å². The molecule has 1 aromatic rings. The average Bonchev–Trinajstić information content (AvgIpc) is 2.34. The van der Waals surface area contributed by atoms with E-state index in [0.717, 1.165) is 5.56 Å². The Labute approximate surface area is 115 Å². The first-order valence-corrected chi connectivity index (χ1v) is 7.77. The van der Waals surface area contributed by atoms with Crippen molar-refractivity contribution in [1.29, 1.82) is 0 Å². The summed E-state index contributed by atoms with van der Waals surface area (Å²) in [6.07, 6.45) is 0.685. The summed E-state index contributed by atoms with van der Waals surface area (Å²) in [6.45, 7) is 5.66. The number of nitrogens with two attached hydrogens (primary N) is 1. The summed E-state index contributed by atoms with van der Waals surface area (Å²) in [5.74, 6) is 0. The molecule has 0 aliphatic heterocycles. The van der Waals surface area contributed by atoms with Gasteiger partial charge in [0.2, 0.25) is 10.0 Å². The van der Waals surface area contributed by atoms with E-state index in [2.05, 4.69) is 0 Å². The van der Waals surface area contributed by atoms with Crippen molar-refractivity contribution in [3.8, 4) is 0 Å². The third-order valence-electron chi connectivity index (χ3n) is 3.03. The quantitative estimate of drug-likeness (QED) is 0.772. The Morgan fingerprint density at radius 1 is 1.21 bits per heavy atom. The summed E-state index contributed by atoms with van der Waals surface area (Å²) in [5.41, 5.74) is 7.59. The number of aliphatic hydroxyl groups excluding tert-OH is 1. The molecule has 0 saturated carbocycles. The van der Waals surface area contributed by atoms with Gasteiger partial charge in [-0.25, -0.2) is 8.42 Å². The van der Waals surface area contributed by atoms with E-state index in [9.17, 15) is 8.42 Å². The molecule has 0 unspecified atom stereocenters. The molecule has 108 valence electrons. The second-order valence-corrected chi connectivity index (χ2v) is 6.44. The van der Waals surface area contributed by atoms with Crippen LogP contribution in [0, 0.1) is 13.8 Å². The highest BCUT2D eigenvalue weighted by atomic mass is 32.2. The van der Waals surface area contributed by atoms with Gasteiger partial charge in [-0.15, -0.1) is 0 Å². The van der Waals surface area contributed by atoms with Crippen LogP contribution in [0.4, 0.5) is 5.69 Å². The number of hydrogen-bond donors (Lipinski definition) is 2. The summed E-state index contributed by atoms with van der Waals surface area (Å²) >= 11 is 0. The molecule has 0 fully saturated rings. The third kappa shape index (κ3) is 3.26. The van der Waals surface area contributed by atoms with E-state index in [4.69, 9.17) is 10.8 Å². The lowest BCUT2D eigenvalue weighted by molar-refractivity contribution is 0.253. The predicted molar refractivity (Wildman–Crippen MR) is 76.5 cm³/mol. The molecule has 3 N–H and O–H groups in total. The van der Waals surface area contributed by atoms with Crippen LogP contribution in [0.2, 0.25) is 0 Å². The first-order valence-electron chi connectivity index (χ1n) is 6.33. The number of nitrogens with zero attached hydrogens (tertiary/aromatic N) is 1. The zero-order valence-electron chi connectivity index (χ0n) is 11.7. The number of aryl methyl sites for hydroxylation is 2. The molecule has 0 amide bonds. The fourth-order valence-electron chi connectivity index (χ4n) is 1.99. The van der Waals surface area contributed by atoms with Crippen LogP contribution in [0.25, 0.3) is 0 Å². The second kappa shape index (κ2) is 6.36. The minimum absolute atomic E-state index is 0.0863. The highest BCUT2D eigenvalue weighted by molar-refractivity contribution is 7.89. The Hall–Kier alpha value is -1.11. The molecule has 5 nitrogen and oxygen atoms in total. The lowest BCUT2D eigenvalue weighted by atomic mass is 10.1. The van der Waals surface area contributed by atoms with Crippen LogP contribution in [0.15, 0.2) is 17.0 Å². The molecule has 1 rings (SSSR count). The molecule has 0 aliphatic carbocycles. The van der Waals surface area contributed by atoms with Crippen LogP contribution < -0.4 is 5.73 Å². The normalized spacial score (nSPS) is 12.1. The van der Waals surface area contributed by atoms with E-state index >= 15 is 0 Å². The number of aliphatic hydroxyl groups is 1. The molecule has 0 saturated heterocycles. The summed E-state index contributed by atoms with van der Waals surface area (Å²) in [7, 11) is -3.66. The first-order chi connectivity index (χ1) is 8.86. The van der Waals surface area contributed by atoms with Gasteiger partial charge in [-0.3, -0.25) is 0 Å². The maximum Gasteiger partial charge on any atom is 0.245 e. The van der Waals surface area contributed by atoms with E-state index in [-0.39, 0.29) is 18.0 Å². The maximum atomic E-state index is 12.6. The van der Waals surface area contributed by atoms with E-state index in [1.165, 1.54) is 4.31 Å². The minimum Gasteiger partial charge on any atom is -0.397 e. The number of anilines is 1. The average molecular weight is 286 g/mol. The molecule has 6 heteroatoms. The fourth-order valence-corrected chi connectivity index (χ4v) is 3.91. The molecule has 19 heavy (non-hydrogen) atoms. The standard InChI is InChI=1S/C13H22N2O3S/c1-4-7-15(8-9-16)19(17,18)13-11(3)6-5-10(2)12(13)14/h5-6,16H,4,7-9,14H2,1-3H3. The van der Waals surface area contributed by atoms with Gasteiger partial charge < -0.3 is 10.8 Å². The van der Waals surface area contributed by atoms with E-state index in [0.29, 0.717) is 24.2 Å². The van der Waals surface area contributed by atoms with Gasteiger partial charge in [-0.1, -0.05) is 19.1 Å². The maximum absolute atomic E-state index is 12.6. The lowest BCUT2D eigenvalue weighted by Gasteiger charge is -2.23. The van der Waals surface area contributed by atoms with Crippen molar-refractivity contribution >= 4 is 15.7 Å². The number of benzene rings is 1. The summed E-state index contributed by atoms with van der Waals surface area (Å²) < 4.78 is 26.6. The Kier molecular flexibility index (Phi) is 5.34. The van der Waals surface area contributed by atoms with Gasteiger partial charge in [0.15, 0.2) is 0 Å². The number of rotatable bonds is 6. The van der Waals surface area contributed by atoms with Gasteiger partial charge in [0.25, 0.3) is 0 Å². The van der Waals surface area contributed by atoms with Gasteiger partial charge in [-0.05, 0) is 31.4 Å². The lowest BCUT2D eigenvalue weighted by Crippen LogP contribution is -2.35. The largest absolute Gasteiger partial charge is 0.397 e. The smallest absolute Gasteiger partial charge is 0.245 e. The molecule has 0 radical (unpaired) electrons. The van der Waals surface area contributed by atoms with E-state index in [1.54, 1.807) is 26.0 Å². The molecule has 0 atom stereocenters. The molecular formula is C13H22N2O3S. The molecule has 0 spiro atoms. The summed E-state index contributed by atoms with van der Waals surface area (Å²) in [4.78, 5) is 0.161. The van der Waals surface area contributed by atoms with Crippen LogP contribution in [0.3, 0.4) is 0 Å². The number of sulfonamides is 1. The molecule has 0 bridgehead atoms. The number of hydrogen-bond acceptors (Lipinski definition) is 4. The zero-order chi connectivity index (χ0) is 14.6. The van der Waals surface area contributed by atoms with Gasteiger partial charge >= 0.3 is 0 Å². The highest BCUT2D eigenvalue weighted by Gasteiger charge is 2.27. The molecule has 1 aromatic carbocycles. The molecular weight excluding hydrogens is 264 g/mol. The van der Waals surface area contributed by atoms with Gasteiger partial charge in [0, 0.05) is 13.1 Å². The van der Waals surface area contributed by atoms with Crippen LogP contribution in [0.1, 0.15) is 24.5 Å². The summed E-state index contributed by atoms with van der Waals surface area (Å²) in [6, 6.07) is 3.56. The summed E-state index contributed by atoms with van der Waals surface area (Å²) in [5, 5.41) is 9.03. The molecule has 0 aliphatic rings. The fraction of sp³-hybridized carbons (Fsp3) is 0.538. The van der Waals surface area contributed by atoms with Crippen molar-refractivity contribution in [2.24, 2.45) is 0 Å². The topological polar surface area (TPSA) is 83.6 Å². The van der Waals surface area contributed by atoms with Crippen LogP contribution in [-0.2, 0) is 10.0 Å². The van der Waals surface area contributed by atoms with Crippen LogP contribution in [-0.4, -0.2) is 37.5 Å². The van der Waals surface area contributed by atoms with Crippen molar-refractivity contribution in [3.63, 3.8) is 0 Å². The Morgan fingerprint density at radius 2 is 1.79 bits per heavy atom. The Morgan fingerprint density at radius 3 is 2.32 bits per heavy atom. The van der Waals surface area contributed by atoms with Crippen molar-refractivity contribution in [1.82, 2.24) is 4.31 Å². The predicted octanol–water partition coefficient (Wildman–Crippen LogP) is 1.28. The van der Waals surface area contributed by atoms with Gasteiger partial charge in [0.1, 0.15) is 4.90 Å². The minimum atomic E-state index is -3.66. The monoisotopic (exact) mass is 286 g/mol.